The van der Waals surface area contributed by atoms with Gasteiger partial charge in [-0.05, 0) is 13.3 Å². The van der Waals surface area contributed by atoms with Gasteiger partial charge in [0, 0.05) is 31.9 Å². The summed E-state index contributed by atoms with van der Waals surface area (Å²) >= 11 is 0. The first-order valence-corrected chi connectivity index (χ1v) is 6.69. The van der Waals surface area contributed by atoms with Crippen molar-refractivity contribution < 1.29 is 14.3 Å². The van der Waals surface area contributed by atoms with Gasteiger partial charge >= 0.3 is 0 Å². The minimum atomic E-state index is -1.07. The Morgan fingerprint density at radius 1 is 1.50 bits per heavy atom. The molecule has 7 heteroatoms. The molecule has 1 aromatic heterocycles. The van der Waals surface area contributed by atoms with Crippen molar-refractivity contribution in [1.82, 2.24) is 14.5 Å². The highest BCUT2D eigenvalue weighted by Crippen LogP contribution is 2.18. The average Bonchev–Trinajstić information content (AvgIpc) is 2.91. The molecule has 1 aliphatic rings. The summed E-state index contributed by atoms with van der Waals surface area (Å²) in [6, 6.07) is 0. The molecule has 1 aliphatic heterocycles. The van der Waals surface area contributed by atoms with Gasteiger partial charge in [-0.15, -0.1) is 0 Å². The lowest BCUT2D eigenvalue weighted by Crippen LogP contribution is -2.58. The molecular formula is C13H20N4O3. The van der Waals surface area contributed by atoms with E-state index in [1.165, 1.54) is 0 Å². The standard InChI is InChI=1S/C13H20N4O3/c1-13(12(14)19)9-17(7-8-20-13)11(18)3-2-5-16-6-4-15-10-16/h4,6,10H,2-3,5,7-9H2,1H3,(H2,14,19)/t13-/m1/s1. The Balaban J connectivity index is 1.81. The Labute approximate surface area is 117 Å². The third-order valence-electron chi connectivity index (χ3n) is 3.51. The lowest BCUT2D eigenvalue weighted by Gasteiger charge is -2.38. The van der Waals surface area contributed by atoms with Crippen molar-refractivity contribution in [2.24, 2.45) is 5.73 Å². The fourth-order valence-corrected chi connectivity index (χ4v) is 2.22. The zero-order valence-electron chi connectivity index (χ0n) is 11.6. The smallest absolute Gasteiger partial charge is 0.251 e. The van der Waals surface area contributed by atoms with Crippen LogP contribution in [-0.2, 0) is 20.9 Å². The molecule has 0 aromatic carbocycles. The molecule has 2 amide bonds. The van der Waals surface area contributed by atoms with Crippen LogP contribution in [-0.4, -0.2) is 51.6 Å². The monoisotopic (exact) mass is 280 g/mol. The fourth-order valence-electron chi connectivity index (χ4n) is 2.22. The van der Waals surface area contributed by atoms with Crippen molar-refractivity contribution in [3.63, 3.8) is 0 Å². The lowest BCUT2D eigenvalue weighted by molar-refractivity contribution is -0.160. The SMILES string of the molecule is C[C@]1(C(N)=O)CN(C(=O)CCCn2ccnc2)CCO1. The topological polar surface area (TPSA) is 90.5 Å². The van der Waals surface area contributed by atoms with Crippen molar-refractivity contribution in [2.45, 2.75) is 31.9 Å². The van der Waals surface area contributed by atoms with Crippen molar-refractivity contribution in [1.29, 1.82) is 0 Å². The summed E-state index contributed by atoms with van der Waals surface area (Å²) in [6.07, 6.45) is 6.47. The minimum Gasteiger partial charge on any atom is -0.367 e. The Kier molecular flexibility index (Phi) is 4.39. The van der Waals surface area contributed by atoms with Crippen LogP contribution in [0.25, 0.3) is 0 Å². The molecule has 0 radical (unpaired) electrons. The summed E-state index contributed by atoms with van der Waals surface area (Å²) in [7, 11) is 0. The molecule has 1 atom stereocenters. The Hall–Kier alpha value is -1.89. The molecule has 1 saturated heterocycles. The molecule has 1 aromatic rings. The highest BCUT2D eigenvalue weighted by atomic mass is 16.5. The summed E-state index contributed by atoms with van der Waals surface area (Å²) in [5.74, 6) is -0.505. The largest absolute Gasteiger partial charge is 0.367 e. The fraction of sp³-hybridized carbons (Fsp3) is 0.615. The Bertz CT molecular complexity index is 474. The van der Waals surface area contributed by atoms with Crippen LogP contribution in [0.3, 0.4) is 0 Å². The van der Waals surface area contributed by atoms with Gasteiger partial charge in [-0.1, -0.05) is 0 Å². The Morgan fingerprint density at radius 2 is 2.30 bits per heavy atom. The number of rotatable bonds is 5. The zero-order valence-corrected chi connectivity index (χ0v) is 11.6. The van der Waals surface area contributed by atoms with Crippen LogP contribution < -0.4 is 5.73 Å². The van der Waals surface area contributed by atoms with Crippen LogP contribution in [0.15, 0.2) is 18.7 Å². The summed E-state index contributed by atoms with van der Waals surface area (Å²) in [5.41, 5.74) is 4.24. The number of morpholine rings is 1. The van der Waals surface area contributed by atoms with Gasteiger partial charge in [0.25, 0.3) is 5.91 Å². The van der Waals surface area contributed by atoms with Crippen molar-refractivity contribution >= 4 is 11.8 Å². The highest BCUT2D eigenvalue weighted by molar-refractivity contribution is 5.85. The number of nitrogens with zero attached hydrogens (tertiary/aromatic N) is 3. The van der Waals surface area contributed by atoms with Gasteiger partial charge in [-0.3, -0.25) is 9.59 Å². The van der Waals surface area contributed by atoms with E-state index in [9.17, 15) is 9.59 Å². The molecule has 2 rings (SSSR count). The molecule has 0 bridgehead atoms. The van der Waals surface area contributed by atoms with Crippen LogP contribution in [0.1, 0.15) is 19.8 Å². The van der Waals surface area contributed by atoms with Crippen LogP contribution in [0.5, 0.6) is 0 Å². The molecule has 110 valence electrons. The number of carbonyl (C=O) groups is 2. The van der Waals surface area contributed by atoms with Gasteiger partial charge < -0.3 is 19.9 Å². The molecule has 0 aliphatic carbocycles. The van der Waals surface area contributed by atoms with E-state index in [-0.39, 0.29) is 12.5 Å². The summed E-state index contributed by atoms with van der Waals surface area (Å²) in [4.78, 5) is 29.1. The molecule has 0 unspecified atom stereocenters. The number of aryl methyl sites for hydroxylation is 1. The number of imidazole rings is 1. The van der Waals surface area contributed by atoms with E-state index >= 15 is 0 Å². The van der Waals surface area contributed by atoms with Crippen molar-refractivity contribution in [2.75, 3.05) is 19.7 Å². The van der Waals surface area contributed by atoms with E-state index in [0.29, 0.717) is 19.6 Å². The first-order chi connectivity index (χ1) is 9.51. The molecule has 0 spiro atoms. The molecule has 1 fully saturated rings. The predicted octanol–water partition coefficient (Wildman–Crippen LogP) is -0.234. The normalized spacial score (nSPS) is 22.8. The maximum atomic E-state index is 12.1. The van der Waals surface area contributed by atoms with E-state index in [2.05, 4.69) is 4.98 Å². The van der Waals surface area contributed by atoms with E-state index in [1.807, 2.05) is 10.8 Å². The lowest BCUT2D eigenvalue weighted by atomic mass is 10.0. The molecule has 0 saturated carbocycles. The number of primary amides is 1. The van der Waals surface area contributed by atoms with Crippen molar-refractivity contribution in [3.8, 4) is 0 Å². The van der Waals surface area contributed by atoms with Crippen LogP contribution in [0.4, 0.5) is 0 Å². The molecule has 20 heavy (non-hydrogen) atoms. The number of amides is 2. The van der Waals surface area contributed by atoms with Gasteiger partial charge in [0.05, 0.1) is 19.5 Å². The number of nitrogens with two attached hydrogens (primary N) is 1. The van der Waals surface area contributed by atoms with Gasteiger partial charge in [0.15, 0.2) is 5.60 Å². The van der Waals surface area contributed by atoms with Gasteiger partial charge in [-0.2, -0.15) is 0 Å². The maximum Gasteiger partial charge on any atom is 0.251 e. The number of hydrogen-bond acceptors (Lipinski definition) is 4. The number of aromatic nitrogens is 2. The summed E-state index contributed by atoms with van der Waals surface area (Å²) in [5, 5.41) is 0. The van der Waals surface area contributed by atoms with E-state index in [4.69, 9.17) is 10.5 Å². The first-order valence-electron chi connectivity index (χ1n) is 6.69. The van der Waals surface area contributed by atoms with Gasteiger partial charge in [0.1, 0.15) is 0 Å². The number of ether oxygens (including phenoxy) is 1. The molecule has 7 nitrogen and oxygen atoms in total. The predicted molar refractivity (Wildman–Crippen MR) is 71.6 cm³/mol. The molecular weight excluding hydrogens is 260 g/mol. The Morgan fingerprint density at radius 3 is 2.95 bits per heavy atom. The zero-order chi connectivity index (χ0) is 14.6. The van der Waals surface area contributed by atoms with Gasteiger partial charge in [0.2, 0.25) is 5.91 Å². The average molecular weight is 280 g/mol. The third-order valence-corrected chi connectivity index (χ3v) is 3.51. The second-order valence-corrected chi connectivity index (χ2v) is 5.16. The highest BCUT2D eigenvalue weighted by Gasteiger charge is 2.38. The first kappa shape index (κ1) is 14.5. The molecule has 2 N–H and O–H groups in total. The third kappa shape index (κ3) is 3.36. The second kappa shape index (κ2) is 6.04. The molecule has 2 heterocycles. The number of hydrogen-bond donors (Lipinski definition) is 1. The quantitative estimate of drug-likeness (QED) is 0.806. The van der Waals surface area contributed by atoms with E-state index in [1.54, 1.807) is 24.3 Å². The van der Waals surface area contributed by atoms with E-state index in [0.717, 1.165) is 13.0 Å². The maximum absolute atomic E-state index is 12.1. The second-order valence-electron chi connectivity index (χ2n) is 5.16. The van der Waals surface area contributed by atoms with Crippen LogP contribution in [0.2, 0.25) is 0 Å². The summed E-state index contributed by atoms with van der Waals surface area (Å²) in [6.45, 7) is 3.45. The summed E-state index contributed by atoms with van der Waals surface area (Å²) < 4.78 is 7.32. The number of carbonyl (C=O) groups excluding carboxylic acids is 2. The van der Waals surface area contributed by atoms with Crippen LogP contribution >= 0.6 is 0 Å². The van der Waals surface area contributed by atoms with Gasteiger partial charge in [-0.25, -0.2) is 4.98 Å². The van der Waals surface area contributed by atoms with E-state index < -0.39 is 11.5 Å². The minimum absolute atomic E-state index is 0.0286. The van der Waals surface area contributed by atoms with Crippen molar-refractivity contribution in [3.05, 3.63) is 18.7 Å². The van der Waals surface area contributed by atoms with Crippen LogP contribution in [0, 0.1) is 0 Å².